The average Bonchev–Trinajstić information content (AvgIpc) is 2.03. The number of carbonyl (C=O) groups is 1. The van der Waals surface area contributed by atoms with Gasteiger partial charge in [0, 0.05) is 6.42 Å². The van der Waals surface area contributed by atoms with Gasteiger partial charge in [0.2, 0.25) is 0 Å². The van der Waals surface area contributed by atoms with Gasteiger partial charge in [-0.3, -0.25) is 4.79 Å². The van der Waals surface area contributed by atoms with Crippen LogP contribution in [0.5, 0.6) is 0 Å². The second-order valence-corrected chi connectivity index (χ2v) is 4.38. The molecule has 2 heteroatoms. The van der Waals surface area contributed by atoms with E-state index in [1.807, 2.05) is 0 Å². The van der Waals surface area contributed by atoms with Gasteiger partial charge in [-0.1, -0.05) is 13.8 Å². The molecule has 76 valence electrons. The van der Waals surface area contributed by atoms with Gasteiger partial charge in [-0.05, 0) is 32.1 Å². The highest BCUT2D eigenvalue weighted by atomic mass is 16.5. The Balaban J connectivity index is 2.37. The lowest BCUT2D eigenvalue weighted by Crippen LogP contribution is -2.32. The van der Waals surface area contributed by atoms with E-state index in [9.17, 15) is 4.79 Å². The number of rotatable bonds is 3. The summed E-state index contributed by atoms with van der Waals surface area (Å²) in [4.78, 5) is 10.9. The van der Waals surface area contributed by atoms with Gasteiger partial charge < -0.3 is 4.74 Å². The van der Waals surface area contributed by atoms with Gasteiger partial charge >= 0.3 is 0 Å². The van der Waals surface area contributed by atoms with Crippen LogP contribution in [0.4, 0.5) is 0 Å². The molecular weight excluding hydrogens is 164 g/mol. The fourth-order valence-corrected chi connectivity index (χ4v) is 1.89. The third kappa shape index (κ3) is 3.47. The quantitative estimate of drug-likeness (QED) is 0.673. The molecule has 0 aromatic rings. The van der Waals surface area contributed by atoms with Crippen LogP contribution in [0.1, 0.15) is 46.5 Å². The van der Waals surface area contributed by atoms with E-state index >= 15 is 0 Å². The summed E-state index contributed by atoms with van der Waals surface area (Å²) in [7, 11) is 0. The highest BCUT2D eigenvalue weighted by Gasteiger charge is 2.25. The summed E-state index contributed by atoms with van der Waals surface area (Å²) in [5.74, 6) is 0.823. The first-order chi connectivity index (χ1) is 6.09. The Morgan fingerprint density at radius 2 is 2.15 bits per heavy atom. The van der Waals surface area contributed by atoms with Gasteiger partial charge in [-0.2, -0.15) is 0 Å². The fraction of sp³-hybridized carbons (Fsp3) is 0.909. The molecule has 0 bridgehead atoms. The van der Waals surface area contributed by atoms with Gasteiger partial charge in [0.25, 0.3) is 0 Å². The van der Waals surface area contributed by atoms with Crippen molar-refractivity contribution in [2.24, 2.45) is 5.92 Å². The van der Waals surface area contributed by atoms with E-state index in [-0.39, 0.29) is 11.9 Å². The summed E-state index contributed by atoms with van der Waals surface area (Å²) < 4.78 is 5.84. The van der Waals surface area contributed by atoms with Crippen molar-refractivity contribution in [3.05, 3.63) is 0 Å². The number of carbonyl (C=O) groups excluding carboxylic acids is 1. The van der Waals surface area contributed by atoms with Gasteiger partial charge in [0.1, 0.15) is 5.78 Å². The Morgan fingerprint density at radius 1 is 1.46 bits per heavy atom. The van der Waals surface area contributed by atoms with Crippen molar-refractivity contribution in [2.75, 3.05) is 0 Å². The molecule has 1 heterocycles. The van der Waals surface area contributed by atoms with Crippen molar-refractivity contribution in [3.63, 3.8) is 0 Å². The molecule has 0 unspecified atom stereocenters. The molecule has 0 N–H and O–H groups in total. The Bertz CT molecular complexity index is 175. The van der Waals surface area contributed by atoms with Crippen molar-refractivity contribution in [3.8, 4) is 0 Å². The summed E-state index contributed by atoms with van der Waals surface area (Å²) in [6, 6.07) is 0. The molecule has 1 saturated heterocycles. The zero-order valence-electron chi connectivity index (χ0n) is 8.88. The first-order valence-corrected chi connectivity index (χ1v) is 5.24. The van der Waals surface area contributed by atoms with Crippen LogP contribution in [0.15, 0.2) is 0 Å². The van der Waals surface area contributed by atoms with Crippen LogP contribution in [0.2, 0.25) is 0 Å². The predicted octanol–water partition coefficient (Wildman–Crippen LogP) is 2.56. The molecular formula is C11H20O2. The number of hydrogen-bond donors (Lipinski definition) is 0. The first kappa shape index (κ1) is 10.7. The lowest BCUT2D eigenvalue weighted by Gasteiger charge is -2.32. The smallest absolute Gasteiger partial charge is 0.132 e. The minimum Gasteiger partial charge on any atom is -0.374 e. The zero-order chi connectivity index (χ0) is 9.84. The van der Waals surface area contributed by atoms with Gasteiger partial charge in [-0.15, -0.1) is 0 Å². The summed E-state index contributed by atoms with van der Waals surface area (Å²) in [5.41, 5.74) is 0. The van der Waals surface area contributed by atoms with E-state index in [1.54, 1.807) is 6.92 Å². The Hall–Kier alpha value is -0.370. The number of hydrogen-bond acceptors (Lipinski definition) is 2. The lowest BCUT2D eigenvalue weighted by molar-refractivity contribution is -0.124. The van der Waals surface area contributed by atoms with E-state index in [0.717, 1.165) is 12.8 Å². The molecule has 2 nitrogen and oxygen atoms in total. The highest BCUT2D eigenvalue weighted by molar-refractivity contribution is 5.75. The molecule has 0 amide bonds. The number of ether oxygens (including phenoxy) is 1. The lowest BCUT2D eigenvalue weighted by atomic mass is 9.95. The standard InChI is InChI=1S/C11H20O2/c1-8(2)11-6-4-5-10(13-11)7-9(3)12/h8,10-11H,4-7H2,1-3H3/t10-,11+/m1/s1. The first-order valence-electron chi connectivity index (χ1n) is 5.24. The second-order valence-electron chi connectivity index (χ2n) is 4.38. The van der Waals surface area contributed by atoms with Crippen LogP contribution in [0, 0.1) is 5.92 Å². The fourth-order valence-electron chi connectivity index (χ4n) is 1.89. The molecule has 1 aliphatic heterocycles. The monoisotopic (exact) mass is 184 g/mol. The summed E-state index contributed by atoms with van der Waals surface area (Å²) in [6.07, 6.45) is 4.59. The molecule has 1 rings (SSSR count). The molecule has 0 aromatic heterocycles. The maximum atomic E-state index is 10.9. The molecule has 0 saturated carbocycles. The van der Waals surface area contributed by atoms with Gasteiger partial charge in [0.15, 0.2) is 0 Å². The van der Waals surface area contributed by atoms with Crippen molar-refractivity contribution >= 4 is 5.78 Å². The minimum absolute atomic E-state index is 0.193. The van der Waals surface area contributed by atoms with Crippen molar-refractivity contribution < 1.29 is 9.53 Å². The molecule has 0 radical (unpaired) electrons. The molecule has 2 atom stereocenters. The molecule has 1 aliphatic rings. The van der Waals surface area contributed by atoms with E-state index in [0.29, 0.717) is 18.4 Å². The number of Topliss-reactive ketones (excluding diaryl/α,β-unsaturated/α-hetero) is 1. The predicted molar refractivity (Wildman–Crippen MR) is 52.6 cm³/mol. The highest BCUT2D eigenvalue weighted by Crippen LogP contribution is 2.25. The van der Waals surface area contributed by atoms with Gasteiger partial charge in [-0.25, -0.2) is 0 Å². The second kappa shape index (κ2) is 4.75. The normalized spacial score (nSPS) is 29.2. The van der Waals surface area contributed by atoms with E-state index in [2.05, 4.69) is 13.8 Å². The third-order valence-corrected chi connectivity index (χ3v) is 2.64. The van der Waals surface area contributed by atoms with Crippen LogP contribution >= 0.6 is 0 Å². The topological polar surface area (TPSA) is 26.3 Å². The van der Waals surface area contributed by atoms with Gasteiger partial charge in [0.05, 0.1) is 12.2 Å². The summed E-state index contributed by atoms with van der Waals surface area (Å²) in [6.45, 7) is 6.00. The SMILES string of the molecule is CC(=O)C[C@H]1CCC[C@@H](C(C)C)O1. The zero-order valence-corrected chi connectivity index (χ0v) is 8.88. The van der Waals surface area contributed by atoms with Crippen molar-refractivity contribution in [2.45, 2.75) is 58.7 Å². The average molecular weight is 184 g/mol. The molecule has 0 aromatic carbocycles. The van der Waals surface area contributed by atoms with E-state index < -0.39 is 0 Å². The van der Waals surface area contributed by atoms with Crippen LogP contribution in [0.25, 0.3) is 0 Å². The van der Waals surface area contributed by atoms with Crippen molar-refractivity contribution in [1.82, 2.24) is 0 Å². The molecule has 0 aliphatic carbocycles. The maximum Gasteiger partial charge on any atom is 0.132 e. The minimum atomic E-state index is 0.193. The van der Waals surface area contributed by atoms with Crippen LogP contribution in [-0.2, 0) is 9.53 Å². The van der Waals surface area contributed by atoms with E-state index in [1.165, 1.54) is 6.42 Å². The molecule has 0 spiro atoms. The van der Waals surface area contributed by atoms with Crippen LogP contribution in [0.3, 0.4) is 0 Å². The third-order valence-electron chi connectivity index (χ3n) is 2.64. The maximum absolute atomic E-state index is 10.9. The Kier molecular flexibility index (Phi) is 3.91. The van der Waals surface area contributed by atoms with Crippen molar-refractivity contribution in [1.29, 1.82) is 0 Å². The van der Waals surface area contributed by atoms with Crippen LogP contribution in [-0.4, -0.2) is 18.0 Å². The summed E-state index contributed by atoms with van der Waals surface area (Å²) >= 11 is 0. The number of ketones is 1. The summed E-state index contributed by atoms with van der Waals surface area (Å²) in [5, 5.41) is 0. The van der Waals surface area contributed by atoms with Crippen LogP contribution < -0.4 is 0 Å². The van der Waals surface area contributed by atoms with E-state index in [4.69, 9.17) is 4.74 Å². The largest absolute Gasteiger partial charge is 0.374 e. The molecule has 13 heavy (non-hydrogen) atoms. The molecule has 1 fully saturated rings. The Labute approximate surface area is 80.7 Å². The Morgan fingerprint density at radius 3 is 2.69 bits per heavy atom.